The van der Waals surface area contributed by atoms with E-state index in [1.807, 2.05) is 4.68 Å². The Morgan fingerprint density at radius 1 is 1.04 bits per heavy atom. The van der Waals surface area contributed by atoms with Gasteiger partial charge in [-0.25, -0.2) is 4.68 Å². The number of nitrogens with zero attached hydrogens (tertiary/aromatic N) is 4. The van der Waals surface area contributed by atoms with Crippen molar-refractivity contribution in [2.24, 2.45) is 0 Å². The molecular formula is C18H19N5. The second-order valence-corrected chi connectivity index (χ2v) is 6.16. The summed E-state index contributed by atoms with van der Waals surface area (Å²) in [6.45, 7) is 4.25. The Balaban J connectivity index is 1.75. The highest BCUT2D eigenvalue weighted by atomic mass is 15.6. The van der Waals surface area contributed by atoms with Gasteiger partial charge in [0.05, 0.1) is 12.1 Å². The van der Waals surface area contributed by atoms with E-state index < -0.39 is 0 Å². The predicted molar refractivity (Wildman–Crippen MR) is 89.3 cm³/mol. The first-order chi connectivity index (χ1) is 11.2. The van der Waals surface area contributed by atoms with Crippen LogP contribution in [0.25, 0.3) is 0 Å². The van der Waals surface area contributed by atoms with E-state index in [1.54, 1.807) is 0 Å². The summed E-state index contributed by atoms with van der Waals surface area (Å²) in [6, 6.07) is 17.5. The molecule has 2 aromatic carbocycles. The number of benzene rings is 2. The van der Waals surface area contributed by atoms with Crippen molar-refractivity contribution < 1.29 is 0 Å². The summed E-state index contributed by atoms with van der Waals surface area (Å²) in [6.07, 6.45) is 0.923. The van der Waals surface area contributed by atoms with Crippen molar-refractivity contribution >= 4 is 5.95 Å². The van der Waals surface area contributed by atoms with Gasteiger partial charge >= 0.3 is 0 Å². The molecule has 5 nitrogen and oxygen atoms in total. The number of fused-ring (bicyclic) bond motifs is 1. The van der Waals surface area contributed by atoms with Gasteiger partial charge in [0, 0.05) is 0 Å². The highest BCUT2D eigenvalue weighted by molar-refractivity contribution is 5.39. The first-order valence-electron chi connectivity index (χ1n) is 7.89. The third-order valence-electron chi connectivity index (χ3n) is 4.58. The van der Waals surface area contributed by atoms with Gasteiger partial charge < -0.3 is 5.32 Å². The van der Waals surface area contributed by atoms with Crippen LogP contribution in [0.15, 0.2) is 48.5 Å². The van der Waals surface area contributed by atoms with Gasteiger partial charge in [-0.3, -0.25) is 0 Å². The van der Waals surface area contributed by atoms with E-state index >= 15 is 0 Å². The molecule has 2 atom stereocenters. The number of nitrogens with one attached hydrogen (secondary N) is 1. The highest BCUT2D eigenvalue weighted by Crippen LogP contribution is 2.37. The Morgan fingerprint density at radius 2 is 1.83 bits per heavy atom. The Bertz CT molecular complexity index is 821. The quantitative estimate of drug-likeness (QED) is 0.788. The first-order valence-corrected chi connectivity index (χ1v) is 7.89. The maximum absolute atomic E-state index is 4.19. The van der Waals surface area contributed by atoms with Crippen LogP contribution in [0.5, 0.6) is 0 Å². The second kappa shape index (κ2) is 5.50. The number of tetrazole rings is 1. The van der Waals surface area contributed by atoms with Crippen molar-refractivity contribution in [3.8, 4) is 0 Å². The Hall–Kier alpha value is -2.69. The maximum atomic E-state index is 4.19. The van der Waals surface area contributed by atoms with Crippen LogP contribution >= 0.6 is 0 Å². The van der Waals surface area contributed by atoms with E-state index in [2.05, 4.69) is 83.2 Å². The minimum Gasteiger partial charge on any atom is -0.346 e. The molecule has 0 aliphatic carbocycles. The topological polar surface area (TPSA) is 55.6 Å². The van der Waals surface area contributed by atoms with E-state index in [0.717, 1.165) is 12.4 Å². The van der Waals surface area contributed by atoms with Gasteiger partial charge in [0.2, 0.25) is 5.95 Å². The standard InChI is InChI=1S/C18H19N5/c1-12-7-9-14(10-8-12)16-11-17(15-6-4-3-5-13(15)2)23-18(19-16)20-21-22-23/h3-10,16-17H,11H2,1-2H3,(H,19,20,22)/t16-,17+/m0/s1. The summed E-state index contributed by atoms with van der Waals surface area (Å²) in [5.74, 6) is 0.732. The zero-order valence-corrected chi connectivity index (χ0v) is 13.3. The third-order valence-corrected chi connectivity index (χ3v) is 4.58. The van der Waals surface area contributed by atoms with Crippen LogP contribution in [-0.4, -0.2) is 20.2 Å². The molecule has 0 saturated heterocycles. The molecule has 0 amide bonds. The van der Waals surface area contributed by atoms with Crippen molar-refractivity contribution in [2.75, 3.05) is 5.32 Å². The van der Waals surface area contributed by atoms with Crippen molar-refractivity contribution in [2.45, 2.75) is 32.4 Å². The molecule has 2 heterocycles. The fourth-order valence-electron chi connectivity index (χ4n) is 3.27. The molecule has 3 aromatic rings. The number of rotatable bonds is 2. The molecule has 0 saturated carbocycles. The number of hydrogen-bond donors (Lipinski definition) is 1. The van der Waals surface area contributed by atoms with Gasteiger partial charge in [0.15, 0.2) is 0 Å². The van der Waals surface area contributed by atoms with Gasteiger partial charge in [0.25, 0.3) is 0 Å². The van der Waals surface area contributed by atoms with Crippen LogP contribution in [0.4, 0.5) is 5.95 Å². The summed E-state index contributed by atoms with van der Waals surface area (Å²) in [5.41, 5.74) is 5.08. The molecule has 0 spiro atoms. The van der Waals surface area contributed by atoms with Crippen molar-refractivity contribution in [3.63, 3.8) is 0 Å². The number of aryl methyl sites for hydroxylation is 2. The third kappa shape index (κ3) is 2.48. The fraction of sp³-hybridized carbons (Fsp3) is 0.278. The van der Waals surface area contributed by atoms with Gasteiger partial charge in [0.1, 0.15) is 0 Å². The molecule has 0 unspecified atom stereocenters. The fourth-order valence-corrected chi connectivity index (χ4v) is 3.27. The molecule has 0 radical (unpaired) electrons. The van der Waals surface area contributed by atoms with E-state index in [-0.39, 0.29) is 12.1 Å². The Morgan fingerprint density at radius 3 is 2.61 bits per heavy atom. The maximum Gasteiger partial charge on any atom is 0.243 e. The predicted octanol–water partition coefficient (Wildman–Crippen LogP) is 3.44. The molecule has 4 rings (SSSR count). The molecule has 23 heavy (non-hydrogen) atoms. The van der Waals surface area contributed by atoms with Gasteiger partial charge in [-0.2, -0.15) is 0 Å². The van der Waals surface area contributed by atoms with Crippen molar-refractivity contribution in [1.82, 2.24) is 20.2 Å². The average molecular weight is 305 g/mol. The minimum atomic E-state index is 0.147. The second-order valence-electron chi connectivity index (χ2n) is 6.16. The molecule has 116 valence electrons. The molecule has 1 aliphatic heterocycles. The SMILES string of the molecule is Cc1ccc([C@@H]2C[C@H](c3ccccc3C)n3nnnc3N2)cc1. The summed E-state index contributed by atoms with van der Waals surface area (Å²) in [5, 5.41) is 15.6. The average Bonchev–Trinajstić information content (AvgIpc) is 3.04. The molecule has 1 aromatic heterocycles. The number of aromatic nitrogens is 4. The smallest absolute Gasteiger partial charge is 0.243 e. The van der Waals surface area contributed by atoms with E-state index in [9.17, 15) is 0 Å². The molecule has 0 fully saturated rings. The zero-order chi connectivity index (χ0) is 15.8. The summed E-state index contributed by atoms with van der Waals surface area (Å²) in [4.78, 5) is 0. The zero-order valence-electron chi connectivity index (χ0n) is 13.3. The van der Waals surface area contributed by atoms with Crippen LogP contribution in [-0.2, 0) is 0 Å². The highest BCUT2D eigenvalue weighted by Gasteiger charge is 2.31. The number of anilines is 1. The Kier molecular flexibility index (Phi) is 3.33. The van der Waals surface area contributed by atoms with Crippen LogP contribution in [0.3, 0.4) is 0 Å². The minimum absolute atomic E-state index is 0.147. The molecule has 5 heteroatoms. The van der Waals surface area contributed by atoms with Crippen molar-refractivity contribution in [3.05, 3.63) is 70.8 Å². The van der Waals surface area contributed by atoms with Crippen LogP contribution in [0.2, 0.25) is 0 Å². The molecular weight excluding hydrogens is 286 g/mol. The molecule has 0 bridgehead atoms. The van der Waals surface area contributed by atoms with E-state index in [0.29, 0.717) is 0 Å². The summed E-state index contributed by atoms with van der Waals surface area (Å²) >= 11 is 0. The van der Waals surface area contributed by atoms with E-state index in [1.165, 1.54) is 22.3 Å². The lowest BCUT2D eigenvalue weighted by molar-refractivity contribution is 0.422. The first kappa shape index (κ1) is 13.9. The lowest BCUT2D eigenvalue weighted by Crippen LogP contribution is -2.28. The van der Waals surface area contributed by atoms with E-state index in [4.69, 9.17) is 0 Å². The normalized spacial score (nSPS) is 19.9. The lowest BCUT2D eigenvalue weighted by atomic mass is 9.91. The largest absolute Gasteiger partial charge is 0.346 e. The van der Waals surface area contributed by atoms with Crippen LogP contribution < -0.4 is 5.32 Å². The monoisotopic (exact) mass is 305 g/mol. The number of hydrogen-bond acceptors (Lipinski definition) is 4. The van der Waals surface area contributed by atoms with Gasteiger partial charge in [-0.15, -0.1) is 0 Å². The van der Waals surface area contributed by atoms with Crippen molar-refractivity contribution in [1.29, 1.82) is 0 Å². The molecule has 1 N–H and O–H groups in total. The van der Waals surface area contributed by atoms with Gasteiger partial charge in [-0.05, 0) is 47.4 Å². The van der Waals surface area contributed by atoms with Crippen LogP contribution in [0.1, 0.15) is 40.8 Å². The summed E-state index contributed by atoms with van der Waals surface area (Å²) in [7, 11) is 0. The Labute approximate surface area is 135 Å². The van der Waals surface area contributed by atoms with Crippen LogP contribution in [0, 0.1) is 13.8 Å². The molecule has 1 aliphatic rings. The van der Waals surface area contributed by atoms with Gasteiger partial charge in [-0.1, -0.05) is 59.2 Å². The summed E-state index contributed by atoms with van der Waals surface area (Å²) < 4.78 is 1.90. The lowest BCUT2D eigenvalue weighted by Gasteiger charge is -2.31.